The van der Waals surface area contributed by atoms with Gasteiger partial charge in [0.25, 0.3) is 0 Å². The molecule has 1 N–H and O–H groups in total. The Morgan fingerprint density at radius 1 is 1.29 bits per heavy atom. The van der Waals surface area contributed by atoms with Crippen LogP contribution in [0.3, 0.4) is 0 Å². The van der Waals surface area contributed by atoms with Crippen LogP contribution in [-0.2, 0) is 11.2 Å². The number of aryl methyl sites for hydroxylation is 1. The predicted octanol–water partition coefficient (Wildman–Crippen LogP) is 3.70. The van der Waals surface area contributed by atoms with Gasteiger partial charge in [0.05, 0.1) is 6.10 Å². The fraction of sp³-hybridized carbons (Fsp3) is 0.500. The highest BCUT2D eigenvalue weighted by Crippen LogP contribution is 2.23. The second-order valence-electron chi connectivity index (χ2n) is 5.32. The van der Waals surface area contributed by atoms with Gasteiger partial charge in [-0.25, -0.2) is 4.98 Å². The summed E-state index contributed by atoms with van der Waals surface area (Å²) in [5.41, 5.74) is 2.42. The van der Waals surface area contributed by atoms with E-state index in [1.807, 2.05) is 0 Å². The van der Waals surface area contributed by atoms with Gasteiger partial charge in [-0.05, 0) is 31.2 Å². The second kappa shape index (κ2) is 7.09. The Balaban J connectivity index is 1.59. The molecule has 1 aliphatic rings. The number of rotatable bonds is 5. The Bertz CT molecular complexity index is 561. The van der Waals surface area contributed by atoms with Crippen LogP contribution in [0, 0.1) is 0 Å². The van der Waals surface area contributed by atoms with Crippen LogP contribution in [0.25, 0.3) is 11.4 Å². The van der Waals surface area contributed by atoms with Crippen LogP contribution in [0.4, 0.5) is 0 Å². The van der Waals surface area contributed by atoms with Gasteiger partial charge < -0.3 is 4.74 Å². The summed E-state index contributed by atoms with van der Waals surface area (Å²) in [6.07, 6.45) is 5.03. The van der Waals surface area contributed by atoms with E-state index in [4.69, 9.17) is 4.74 Å². The molecule has 1 aromatic carbocycles. The lowest BCUT2D eigenvalue weighted by Gasteiger charge is -2.21. The number of hydrogen-bond acceptors (Lipinski definition) is 4. The summed E-state index contributed by atoms with van der Waals surface area (Å²) < 4.78 is 5.73. The molecule has 0 saturated carbocycles. The number of H-pyrrole nitrogens is 1. The fourth-order valence-electron chi connectivity index (χ4n) is 2.44. The topological polar surface area (TPSA) is 50.8 Å². The number of nitrogens with zero attached hydrogens (tertiary/aromatic N) is 2. The third-order valence-electron chi connectivity index (χ3n) is 3.77. The van der Waals surface area contributed by atoms with Gasteiger partial charge in [0, 0.05) is 17.9 Å². The molecule has 0 radical (unpaired) electrons. The van der Waals surface area contributed by atoms with Crippen molar-refractivity contribution in [2.75, 3.05) is 12.4 Å². The van der Waals surface area contributed by atoms with Crippen LogP contribution in [0.1, 0.15) is 31.7 Å². The first-order valence-corrected chi connectivity index (χ1v) is 8.60. The van der Waals surface area contributed by atoms with Crippen LogP contribution in [0.2, 0.25) is 0 Å². The van der Waals surface area contributed by atoms with E-state index in [1.165, 1.54) is 18.4 Å². The van der Waals surface area contributed by atoms with Gasteiger partial charge in [0.2, 0.25) is 5.16 Å². The fourth-order valence-corrected chi connectivity index (χ4v) is 3.31. The molecule has 1 saturated heterocycles. The molecule has 4 nitrogen and oxygen atoms in total. The Morgan fingerprint density at radius 2 is 2.14 bits per heavy atom. The molecule has 0 spiro atoms. The minimum atomic E-state index is 0.356. The van der Waals surface area contributed by atoms with Gasteiger partial charge in [0.15, 0.2) is 5.82 Å². The van der Waals surface area contributed by atoms with Crippen molar-refractivity contribution in [3.8, 4) is 11.4 Å². The molecule has 21 heavy (non-hydrogen) atoms. The molecule has 1 aliphatic heterocycles. The summed E-state index contributed by atoms with van der Waals surface area (Å²) in [4.78, 5) is 4.56. The van der Waals surface area contributed by atoms with Crippen LogP contribution in [0.15, 0.2) is 29.4 Å². The van der Waals surface area contributed by atoms with E-state index in [0.29, 0.717) is 6.10 Å². The zero-order valence-corrected chi connectivity index (χ0v) is 13.2. The molecule has 112 valence electrons. The highest BCUT2D eigenvalue weighted by Gasteiger charge is 2.15. The highest BCUT2D eigenvalue weighted by atomic mass is 32.2. The second-order valence-corrected chi connectivity index (χ2v) is 6.30. The van der Waals surface area contributed by atoms with E-state index in [1.54, 1.807) is 11.8 Å². The summed E-state index contributed by atoms with van der Waals surface area (Å²) in [5, 5.41) is 8.12. The van der Waals surface area contributed by atoms with E-state index in [-0.39, 0.29) is 0 Å². The predicted molar refractivity (Wildman–Crippen MR) is 85.5 cm³/mol. The van der Waals surface area contributed by atoms with E-state index in [9.17, 15) is 0 Å². The number of ether oxygens (including phenoxy) is 1. The van der Waals surface area contributed by atoms with E-state index < -0.39 is 0 Å². The van der Waals surface area contributed by atoms with Crippen molar-refractivity contribution in [3.05, 3.63) is 29.8 Å². The number of aromatic amines is 1. The smallest absolute Gasteiger partial charge is 0.208 e. The Labute approximate surface area is 129 Å². The molecule has 3 rings (SSSR count). The summed E-state index contributed by atoms with van der Waals surface area (Å²) in [6.45, 7) is 3.06. The standard InChI is InChI=1S/C16H21N3OS/c1-2-12-6-8-13(9-7-12)15-17-16(19-18-15)21-11-14-5-3-4-10-20-14/h6-9,14H,2-5,10-11H2,1H3,(H,17,18,19)/t14-/m1/s1. The first-order valence-electron chi connectivity index (χ1n) is 7.61. The Hall–Kier alpha value is -1.33. The minimum absolute atomic E-state index is 0.356. The highest BCUT2D eigenvalue weighted by molar-refractivity contribution is 7.99. The molecule has 0 bridgehead atoms. The van der Waals surface area contributed by atoms with Crippen molar-refractivity contribution in [1.82, 2.24) is 15.2 Å². The minimum Gasteiger partial charge on any atom is -0.377 e. The monoisotopic (exact) mass is 303 g/mol. The summed E-state index contributed by atoms with van der Waals surface area (Å²) >= 11 is 1.67. The maximum atomic E-state index is 5.73. The van der Waals surface area contributed by atoms with Gasteiger partial charge in [-0.2, -0.15) is 0 Å². The number of thioether (sulfide) groups is 1. The van der Waals surface area contributed by atoms with Crippen LogP contribution in [-0.4, -0.2) is 33.6 Å². The van der Waals surface area contributed by atoms with E-state index in [0.717, 1.165) is 41.7 Å². The average molecular weight is 303 g/mol. The molecule has 1 aromatic heterocycles. The number of hydrogen-bond donors (Lipinski definition) is 1. The largest absolute Gasteiger partial charge is 0.377 e. The van der Waals surface area contributed by atoms with Crippen molar-refractivity contribution >= 4 is 11.8 Å². The number of aromatic nitrogens is 3. The third-order valence-corrected chi connectivity index (χ3v) is 4.75. The first kappa shape index (κ1) is 14.6. The van der Waals surface area contributed by atoms with E-state index >= 15 is 0 Å². The van der Waals surface area contributed by atoms with Crippen molar-refractivity contribution in [1.29, 1.82) is 0 Å². The lowest BCUT2D eigenvalue weighted by atomic mass is 10.1. The van der Waals surface area contributed by atoms with Gasteiger partial charge in [-0.15, -0.1) is 5.10 Å². The summed E-state index contributed by atoms with van der Waals surface area (Å²) in [7, 11) is 0. The van der Waals surface area contributed by atoms with Gasteiger partial charge in [-0.1, -0.05) is 43.0 Å². The Kier molecular flexibility index (Phi) is 4.93. The van der Waals surface area contributed by atoms with Crippen molar-refractivity contribution in [2.24, 2.45) is 0 Å². The van der Waals surface area contributed by atoms with Gasteiger partial charge in [-0.3, -0.25) is 5.10 Å². The van der Waals surface area contributed by atoms with Crippen LogP contribution >= 0.6 is 11.8 Å². The van der Waals surface area contributed by atoms with Gasteiger partial charge >= 0.3 is 0 Å². The Morgan fingerprint density at radius 3 is 2.86 bits per heavy atom. The van der Waals surface area contributed by atoms with Crippen LogP contribution in [0.5, 0.6) is 0 Å². The molecular weight excluding hydrogens is 282 g/mol. The molecule has 5 heteroatoms. The first-order chi connectivity index (χ1) is 10.3. The molecule has 0 amide bonds. The van der Waals surface area contributed by atoms with Crippen LogP contribution < -0.4 is 0 Å². The molecule has 0 aliphatic carbocycles. The summed E-state index contributed by atoms with van der Waals surface area (Å²) in [6, 6.07) is 8.47. The normalized spacial score (nSPS) is 18.8. The molecule has 1 fully saturated rings. The van der Waals surface area contributed by atoms with Crippen molar-refractivity contribution in [3.63, 3.8) is 0 Å². The molecule has 1 atom stereocenters. The maximum Gasteiger partial charge on any atom is 0.208 e. The zero-order valence-electron chi connectivity index (χ0n) is 12.3. The SMILES string of the molecule is CCc1ccc(-c2nc(SC[C@H]3CCCCO3)n[nH]2)cc1. The molecular formula is C16H21N3OS. The quantitative estimate of drug-likeness (QED) is 0.856. The number of benzene rings is 1. The van der Waals surface area contributed by atoms with E-state index in [2.05, 4.69) is 46.4 Å². The van der Waals surface area contributed by atoms with Crippen molar-refractivity contribution in [2.45, 2.75) is 43.9 Å². The lowest BCUT2D eigenvalue weighted by molar-refractivity contribution is 0.0315. The molecule has 2 aromatic rings. The van der Waals surface area contributed by atoms with Gasteiger partial charge in [0.1, 0.15) is 0 Å². The third kappa shape index (κ3) is 3.86. The van der Waals surface area contributed by atoms with Crippen molar-refractivity contribution < 1.29 is 4.74 Å². The lowest BCUT2D eigenvalue weighted by Crippen LogP contribution is -2.21. The molecule has 2 heterocycles. The maximum absolute atomic E-state index is 5.73. The number of nitrogens with one attached hydrogen (secondary N) is 1. The summed E-state index contributed by atoms with van der Waals surface area (Å²) in [5.74, 6) is 1.77. The average Bonchev–Trinajstić information content (AvgIpc) is 3.03. The molecule has 0 unspecified atom stereocenters. The zero-order chi connectivity index (χ0) is 14.5.